The van der Waals surface area contributed by atoms with E-state index < -0.39 is 0 Å². The van der Waals surface area contributed by atoms with Crippen molar-refractivity contribution in [1.29, 1.82) is 0 Å². The first kappa shape index (κ1) is 17.5. The molecule has 0 spiro atoms. The van der Waals surface area contributed by atoms with Crippen LogP contribution in [0.2, 0.25) is 0 Å². The maximum absolute atomic E-state index is 12.2. The van der Waals surface area contributed by atoms with Crippen LogP contribution in [0.5, 0.6) is 5.75 Å². The summed E-state index contributed by atoms with van der Waals surface area (Å²) in [5, 5.41) is 2.98. The van der Waals surface area contributed by atoms with Gasteiger partial charge in [0.1, 0.15) is 5.75 Å². The summed E-state index contributed by atoms with van der Waals surface area (Å²) in [4.78, 5) is 12.2. The van der Waals surface area contributed by atoms with Crippen LogP contribution in [-0.4, -0.2) is 12.5 Å². The molecule has 0 bridgehead atoms. The second kappa shape index (κ2) is 7.64. The van der Waals surface area contributed by atoms with Gasteiger partial charge in [0, 0.05) is 5.69 Å². The summed E-state index contributed by atoms with van der Waals surface area (Å²) in [7, 11) is 0. The molecule has 3 nitrogen and oxygen atoms in total. The fourth-order valence-electron chi connectivity index (χ4n) is 2.38. The number of carbonyl (C=O) groups is 1. The molecule has 4 heteroatoms. The van der Waals surface area contributed by atoms with Crippen molar-refractivity contribution in [3.63, 3.8) is 0 Å². The van der Waals surface area contributed by atoms with E-state index in [0.29, 0.717) is 11.7 Å². The van der Waals surface area contributed by atoms with E-state index in [2.05, 4.69) is 35.1 Å². The van der Waals surface area contributed by atoms with Crippen LogP contribution in [0, 0.1) is 13.8 Å². The third-order valence-electron chi connectivity index (χ3n) is 3.64. The topological polar surface area (TPSA) is 38.3 Å². The van der Waals surface area contributed by atoms with Gasteiger partial charge >= 0.3 is 0 Å². The van der Waals surface area contributed by atoms with Crippen molar-refractivity contribution >= 4 is 27.5 Å². The predicted molar refractivity (Wildman–Crippen MR) is 98.3 cm³/mol. The minimum absolute atomic E-state index is 0.0203. The average molecular weight is 376 g/mol. The number of amides is 1. The van der Waals surface area contributed by atoms with Crippen molar-refractivity contribution in [2.24, 2.45) is 0 Å². The van der Waals surface area contributed by atoms with E-state index in [9.17, 15) is 4.79 Å². The number of benzene rings is 2. The summed E-state index contributed by atoms with van der Waals surface area (Å²) in [5.74, 6) is 0.852. The zero-order valence-electron chi connectivity index (χ0n) is 13.9. The third-order valence-corrected chi connectivity index (χ3v) is 4.26. The number of hydrogen-bond acceptors (Lipinski definition) is 2. The highest BCUT2D eigenvalue weighted by Crippen LogP contribution is 2.28. The molecule has 0 heterocycles. The Morgan fingerprint density at radius 2 is 1.96 bits per heavy atom. The van der Waals surface area contributed by atoms with Crippen LogP contribution in [-0.2, 0) is 4.79 Å². The summed E-state index contributed by atoms with van der Waals surface area (Å²) >= 11 is 3.45. The molecule has 23 heavy (non-hydrogen) atoms. The van der Waals surface area contributed by atoms with Gasteiger partial charge in [0.2, 0.25) is 0 Å². The van der Waals surface area contributed by atoms with Crippen molar-refractivity contribution in [3.8, 4) is 5.75 Å². The number of para-hydroxylation sites is 1. The minimum atomic E-state index is -0.159. The SMILES string of the molecule is Cc1ccc(OCC(=O)Nc2c(C)cccc2C(C)C)c(Br)c1. The summed E-state index contributed by atoms with van der Waals surface area (Å²) in [5.41, 5.74) is 4.21. The van der Waals surface area contributed by atoms with Crippen LogP contribution in [0.15, 0.2) is 40.9 Å². The smallest absolute Gasteiger partial charge is 0.262 e. The second-order valence-electron chi connectivity index (χ2n) is 5.96. The van der Waals surface area contributed by atoms with E-state index in [1.54, 1.807) is 0 Å². The lowest BCUT2D eigenvalue weighted by Gasteiger charge is -2.16. The Hall–Kier alpha value is -1.81. The number of hydrogen-bond donors (Lipinski definition) is 1. The molecule has 2 aromatic rings. The van der Waals surface area contributed by atoms with Gasteiger partial charge in [0.15, 0.2) is 6.61 Å². The van der Waals surface area contributed by atoms with Crippen molar-refractivity contribution in [2.45, 2.75) is 33.6 Å². The van der Waals surface area contributed by atoms with Crippen LogP contribution in [0.1, 0.15) is 36.5 Å². The van der Waals surface area contributed by atoms with E-state index in [1.807, 2.05) is 50.2 Å². The van der Waals surface area contributed by atoms with Crippen molar-refractivity contribution in [1.82, 2.24) is 0 Å². The third kappa shape index (κ3) is 4.58. The predicted octanol–water partition coefficient (Wildman–Crippen LogP) is 5.21. The monoisotopic (exact) mass is 375 g/mol. The normalized spacial score (nSPS) is 10.7. The standard InChI is InChI=1S/C19H22BrNO2/c1-12(2)15-7-5-6-14(4)19(15)21-18(22)11-23-17-9-8-13(3)10-16(17)20/h5-10,12H,11H2,1-4H3,(H,21,22). The number of rotatable bonds is 5. The van der Waals surface area contributed by atoms with Crippen LogP contribution in [0.3, 0.4) is 0 Å². The van der Waals surface area contributed by atoms with Gasteiger partial charge in [-0.3, -0.25) is 4.79 Å². The zero-order chi connectivity index (χ0) is 17.0. The maximum Gasteiger partial charge on any atom is 0.262 e. The van der Waals surface area contributed by atoms with Crippen LogP contribution in [0.4, 0.5) is 5.69 Å². The molecular formula is C19H22BrNO2. The van der Waals surface area contributed by atoms with E-state index in [1.165, 1.54) is 0 Å². The number of anilines is 1. The molecule has 0 fully saturated rings. The lowest BCUT2D eigenvalue weighted by Crippen LogP contribution is -2.21. The molecule has 0 aromatic heterocycles. The molecule has 0 saturated carbocycles. The molecule has 1 amide bonds. The Morgan fingerprint density at radius 3 is 2.61 bits per heavy atom. The number of ether oxygens (including phenoxy) is 1. The van der Waals surface area contributed by atoms with Gasteiger partial charge < -0.3 is 10.1 Å². The molecule has 0 aliphatic carbocycles. The number of aryl methyl sites for hydroxylation is 2. The Morgan fingerprint density at radius 1 is 1.22 bits per heavy atom. The lowest BCUT2D eigenvalue weighted by atomic mass is 9.98. The van der Waals surface area contributed by atoms with Crippen molar-refractivity contribution in [2.75, 3.05) is 11.9 Å². The van der Waals surface area contributed by atoms with Gasteiger partial charge in [-0.25, -0.2) is 0 Å². The molecule has 0 radical (unpaired) electrons. The first-order valence-electron chi connectivity index (χ1n) is 7.66. The fraction of sp³-hybridized carbons (Fsp3) is 0.316. The highest BCUT2D eigenvalue weighted by molar-refractivity contribution is 9.10. The first-order chi connectivity index (χ1) is 10.9. The lowest BCUT2D eigenvalue weighted by molar-refractivity contribution is -0.118. The summed E-state index contributed by atoms with van der Waals surface area (Å²) in [6.45, 7) is 8.22. The Labute approximate surface area is 146 Å². The molecule has 0 aliphatic rings. The highest BCUT2D eigenvalue weighted by Gasteiger charge is 2.13. The molecular weight excluding hydrogens is 354 g/mol. The van der Waals surface area contributed by atoms with E-state index in [-0.39, 0.29) is 12.5 Å². The van der Waals surface area contributed by atoms with Gasteiger partial charge in [-0.2, -0.15) is 0 Å². The van der Waals surface area contributed by atoms with E-state index in [4.69, 9.17) is 4.74 Å². The number of carbonyl (C=O) groups excluding carboxylic acids is 1. The van der Waals surface area contributed by atoms with Gasteiger partial charge in [-0.05, 0) is 64.5 Å². The van der Waals surface area contributed by atoms with Crippen LogP contribution >= 0.6 is 15.9 Å². The summed E-state index contributed by atoms with van der Waals surface area (Å²) < 4.78 is 6.46. The fourth-order valence-corrected chi connectivity index (χ4v) is 2.99. The van der Waals surface area contributed by atoms with Crippen molar-refractivity contribution in [3.05, 3.63) is 57.6 Å². The van der Waals surface area contributed by atoms with Gasteiger partial charge in [0.05, 0.1) is 4.47 Å². The van der Waals surface area contributed by atoms with Gasteiger partial charge in [0.25, 0.3) is 5.91 Å². The maximum atomic E-state index is 12.2. The average Bonchev–Trinajstić information content (AvgIpc) is 2.48. The Kier molecular flexibility index (Phi) is 5.83. The molecule has 0 aliphatic heterocycles. The Balaban J connectivity index is 2.06. The van der Waals surface area contributed by atoms with E-state index in [0.717, 1.165) is 26.9 Å². The largest absolute Gasteiger partial charge is 0.483 e. The summed E-state index contributed by atoms with van der Waals surface area (Å²) in [6.07, 6.45) is 0. The van der Waals surface area contributed by atoms with Gasteiger partial charge in [-0.15, -0.1) is 0 Å². The van der Waals surface area contributed by atoms with Crippen molar-refractivity contribution < 1.29 is 9.53 Å². The van der Waals surface area contributed by atoms with Gasteiger partial charge in [-0.1, -0.05) is 38.1 Å². The minimum Gasteiger partial charge on any atom is -0.483 e. The van der Waals surface area contributed by atoms with Crippen LogP contribution < -0.4 is 10.1 Å². The number of nitrogens with one attached hydrogen (secondary N) is 1. The highest BCUT2D eigenvalue weighted by atomic mass is 79.9. The molecule has 122 valence electrons. The number of halogens is 1. The zero-order valence-corrected chi connectivity index (χ0v) is 15.5. The molecule has 0 saturated heterocycles. The van der Waals surface area contributed by atoms with Crippen LogP contribution in [0.25, 0.3) is 0 Å². The first-order valence-corrected chi connectivity index (χ1v) is 8.46. The Bertz CT molecular complexity index is 711. The molecule has 0 unspecified atom stereocenters. The molecule has 0 atom stereocenters. The molecule has 2 aromatic carbocycles. The van der Waals surface area contributed by atoms with E-state index >= 15 is 0 Å². The quantitative estimate of drug-likeness (QED) is 0.778. The molecule has 1 N–H and O–H groups in total. The molecule has 2 rings (SSSR count). The second-order valence-corrected chi connectivity index (χ2v) is 6.82. The summed E-state index contributed by atoms with van der Waals surface area (Å²) in [6, 6.07) is 11.8.